The first kappa shape index (κ1) is 17.8. The number of amides is 1. The topological polar surface area (TPSA) is 105 Å². The molecule has 0 aliphatic heterocycles. The summed E-state index contributed by atoms with van der Waals surface area (Å²) in [5, 5.41) is 24.2. The summed E-state index contributed by atoms with van der Waals surface area (Å²) >= 11 is 12.1. The second-order valence-electron chi connectivity index (χ2n) is 5.38. The van der Waals surface area contributed by atoms with E-state index < -0.39 is 11.9 Å². The molecule has 1 amide bonds. The van der Waals surface area contributed by atoms with Crippen molar-refractivity contribution in [2.75, 3.05) is 5.32 Å². The molecule has 0 spiro atoms. The minimum absolute atomic E-state index is 0.116. The van der Waals surface area contributed by atoms with E-state index in [2.05, 4.69) is 10.3 Å². The van der Waals surface area contributed by atoms with Gasteiger partial charge in [-0.2, -0.15) is 0 Å². The Bertz CT molecular complexity index is 1060. The number of aromatic nitrogens is 1. The molecule has 0 aliphatic carbocycles. The van der Waals surface area contributed by atoms with Crippen LogP contribution in [0.3, 0.4) is 0 Å². The van der Waals surface area contributed by atoms with Crippen molar-refractivity contribution in [2.45, 2.75) is 0 Å². The fraction of sp³-hybridized carbons (Fsp3) is 0. The van der Waals surface area contributed by atoms with Crippen LogP contribution < -0.4 is 10.4 Å². The van der Waals surface area contributed by atoms with Crippen molar-refractivity contribution < 1.29 is 19.8 Å². The number of nitrogens with one attached hydrogen (secondary N) is 2. The smallest absolute Gasteiger partial charge is 0.352 e. The van der Waals surface area contributed by atoms with Crippen LogP contribution >= 0.6 is 23.2 Å². The summed E-state index contributed by atoms with van der Waals surface area (Å²) in [6.07, 6.45) is 2.51. The predicted octanol–water partition coefficient (Wildman–Crippen LogP) is 3.90. The standard InChI is InChI=1S/C18H12Cl2N2O4/c19-9-6-13(20)16-12(17(18(25)26)22-14(16)7-9)4-5-15(24)21-10-2-1-3-11(23)8-10/h1-8,22-23H,(H,21,24)(H,25,26)/p-1/b5-4+. The van der Waals surface area contributed by atoms with Crippen LogP contribution in [0.1, 0.15) is 16.1 Å². The molecule has 0 bridgehead atoms. The molecule has 3 aromatic rings. The van der Waals surface area contributed by atoms with Crippen LogP contribution in [-0.2, 0) is 4.79 Å². The average Bonchev–Trinajstić information content (AvgIpc) is 2.92. The van der Waals surface area contributed by atoms with Crippen molar-refractivity contribution in [2.24, 2.45) is 0 Å². The Hall–Kier alpha value is -2.96. The molecule has 1 heterocycles. The largest absolute Gasteiger partial charge is 0.872 e. The van der Waals surface area contributed by atoms with Gasteiger partial charge in [-0.25, -0.2) is 4.79 Å². The Morgan fingerprint density at radius 3 is 2.65 bits per heavy atom. The second kappa shape index (κ2) is 7.11. The third-order valence-corrected chi connectivity index (χ3v) is 4.09. The number of carbonyl (C=O) groups is 2. The van der Waals surface area contributed by atoms with Crippen molar-refractivity contribution in [3.63, 3.8) is 0 Å². The lowest BCUT2D eigenvalue weighted by Crippen LogP contribution is -2.08. The summed E-state index contributed by atoms with van der Waals surface area (Å²) in [5.41, 5.74) is 0.921. The molecule has 0 saturated carbocycles. The van der Waals surface area contributed by atoms with Crippen molar-refractivity contribution >= 4 is 57.7 Å². The van der Waals surface area contributed by atoms with E-state index in [1.807, 2.05) is 0 Å². The summed E-state index contributed by atoms with van der Waals surface area (Å²) < 4.78 is 0. The van der Waals surface area contributed by atoms with E-state index in [-0.39, 0.29) is 22.0 Å². The van der Waals surface area contributed by atoms with Crippen LogP contribution in [0.2, 0.25) is 10.0 Å². The number of halogens is 2. The number of hydrogen-bond acceptors (Lipinski definition) is 3. The summed E-state index contributed by atoms with van der Waals surface area (Å²) in [7, 11) is 0. The normalized spacial score (nSPS) is 11.2. The number of rotatable bonds is 4. The third kappa shape index (κ3) is 3.66. The fourth-order valence-corrected chi connectivity index (χ4v) is 3.12. The van der Waals surface area contributed by atoms with Gasteiger partial charge in [0.05, 0.1) is 5.02 Å². The van der Waals surface area contributed by atoms with Crippen LogP contribution in [0, 0.1) is 0 Å². The highest BCUT2D eigenvalue weighted by Gasteiger charge is 2.18. The molecule has 0 aliphatic rings. The van der Waals surface area contributed by atoms with Crippen molar-refractivity contribution in [1.82, 2.24) is 4.98 Å². The molecule has 26 heavy (non-hydrogen) atoms. The number of carboxylic acid groups (broad SMARTS) is 1. The number of benzene rings is 2. The summed E-state index contributed by atoms with van der Waals surface area (Å²) in [6, 6.07) is 8.77. The zero-order chi connectivity index (χ0) is 18.8. The lowest BCUT2D eigenvalue weighted by atomic mass is 10.1. The predicted molar refractivity (Wildman–Crippen MR) is 98.8 cm³/mol. The van der Waals surface area contributed by atoms with Crippen molar-refractivity contribution in [3.05, 3.63) is 63.8 Å². The number of anilines is 1. The van der Waals surface area contributed by atoms with Gasteiger partial charge in [-0.05, 0) is 30.3 Å². The van der Waals surface area contributed by atoms with E-state index in [0.717, 1.165) is 6.08 Å². The number of carbonyl (C=O) groups excluding carboxylic acids is 1. The van der Waals surface area contributed by atoms with E-state index in [1.165, 1.54) is 30.3 Å². The highest BCUT2D eigenvalue weighted by atomic mass is 35.5. The molecule has 6 nitrogen and oxygen atoms in total. The van der Waals surface area contributed by atoms with Gasteiger partial charge in [-0.15, -0.1) is 5.75 Å². The first-order valence-corrected chi connectivity index (χ1v) is 8.11. The maximum atomic E-state index is 12.1. The molecule has 3 rings (SSSR count). The fourth-order valence-electron chi connectivity index (χ4n) is 2.53. The van der Waals surface area contributed by atoms with Crippen LogP contribution in [0.15, 0.2) is 42.5 Å². The van der Waals surface area contributed by atoms with Gasteiger partial charge in [-0.3, -0.25) is 4.79 Å². The molecule has 0 atom stereocenters. The van der Waals surface area contributed by atoms with Gasteiger partial charge in [-0.1, -0.05) is 35.3 Å². The first-order chi connectivity index (χ1) is 12.3. The third-order valence-electron chi connectivity index (χ3n) is 3.57. The van der Waals surface area contributed by atoms with Gasteiger partial charge in [0, 0.05) is 33.3 Å². The molecule has 0 unspecified atom stereocenters. The average molecular weight is 390 g/mol. The van der Waals surface area contributed by atoms with Gasteiger partial charge in [0.15, 0.2) is 0 Å². The molecule has 8 heteroatoms. The Morgan fingerprint density at radius 2 is 1.96 bits per heavy atom. The molecule has 0 fully saturated rings. The van der Waals surface area contributed by atoms with Gasteiger partial charge in [0.25, 0.3) is 0 Å². The summed E-state index contributed by atoms with van der Waals surface area (Å²) in [6.45, 7) is 0. The second-order valence-corrected chi connectivity index (χ2v) is 6.22. The number of H-pyrrole nitrogens is 1. The molecule has 0 radical (unpaired) electrons. The molecule has 1 aromatic heterocycles. The van der Waals surface area contributed by atoms with E-state index >= 15 is 0 Å². The number of hydrogen-bond donors (Lipinski definition) is 3. The van der Waals surface area contributed by atoms with Crippen LogP contribution in [0.4, 0.5) is 5.69 Å². The monoisotopic (exact) mass is 389 g/mol. The lowest BCUT2D eigenvalue weighted by molar-refractivity contribution is -0.268. The molecular formula is C18H11Cl2N2O4-. The van der Waals surface area contributed by atoms with E-state index in [1.54, 1.807) is 12.1 Å². The van der Waals surface area contributed by atoms with Crippen LogP contribution in [-0.4, -0.2) is 22.0 Å². The zero-order valence-corrected chi connectivity index (χ0v) is 14.6. The van der Waals surface area contributed by atoms with E-state index in [4.69, 9.17) is 23.2 Å². The van der Waals surface area contributed by atoms with Crippen LogP contribution in [0.25, 0.3) is 17.0 Å². The molecule has 132 valence electrons. The van der Waals surface area contributed by atoms with E-state index in [9.17, 15) is 19.8 Å². The number of fused-ring (bicyclic) bond motifs is 1. The maximum absolute atomic E-state index is 12.1. The molecule has 2 aromatic carbocycles. The summed E-state index contributed by atoms with van der Waals surface area (Å²) in [5.74, 6) is -1.96. The highest BCUT2D eigenvalue weighted by molar-refractivity contribution is 6.39. The van der Waals surface area contributed by atoms with Crippen molar-refractivity contribution in [3.8, 4) is 5.75 Å². The van der Waals surface area contributed by atoms with Gasteiger partial charge >= 0.3 is 5.97 Å². The zero-order valence-electron chi connectivity index (χ0n) is 13.0. The minimum atomic E-state index is -1.20. The molecule has 3 N–H and O–H groups in total. The summed E-state index contributed by atoms with van der Waals surface area (Å²) in [4.78, 5) is 26.3. The Morgan fingerprint density at radius 1 is 1.19 bits per heavy atom. The highest BCUT2D eigenvalue weighted by Crippen LogP contribution is 2.33. The van der Waals surface area contributed by atoms with Gasteiger partial charge < -0.3 is 20.5 Å². The minimum Gasteiger partial charge on any atom is -0.872 e. The SMILES string of the molecule is O=C(/C=C/c1c(C(=O)O)[nH]c2cc(Cl)cc(Cl)c12)Nc1cccc([O-])c1. The van der Waals surface area contributed by atoms with Gasteiger partial charge in [0.2, 0.25) is 5.91 Å². The van der Waals surface area contributed by atoms with Gasteiger partial charge in [0.1, 0.15) is 5.69 Å². The van der Waals surface area contributed by atoms with Crippen LogP contribution in [0.5, 0.6) is 5.75 Å². The lowest BCUT2D eigenvalue weighted by Gasteiger charge is -2.07. The molecule has 0 saturated heterocycles. The molecular weight excluding hydrogens is 379 g/mol. The quantitative estimate of drug-likeness (QED) is 0.588. The van der Waals surface area contributed by atoms with E-state index in [0.29, 0.717) is 21.6 Å². The number of carboxylic acids is 1. The van der Waals surface area contributed by atoms with Crippen molar-refractivity contribution in [1.29, 1.82) is 0 Å². The maximum Gasteiger partial charge on any atom is 0.352 e. The Labute approximate surface area is 157 Å². The first-order valence-electron chi connectivity index (χ1n) is 7.35. The Kier molecular flexibility index (Phi) is 4.88. The number of aromatic carboxylic acids is 1. The number of aromatic amines is 1. The Balaban J connectivity index is 1.96.